The van der Waals surface area contributed by atoms with Crippen molar-refractivity contribution in [1.29, 1.82) is 0 Å². The molecule has 242 valence electrons. The molecule has 0 amide bonds. The first-order chi connectivity index (χ1) is 20.2. The summed E-state index contributed by atoms with van der Waals surface area (Å²) in [6.07, 6.45) is 47.3. The molecule has 2 unspecified atom stereocenters. The van der Waals surface area contributed by atoms with Crippen molar-refractivity contribution in [2.24, 2.45) is 0 Å². The van der Waals surface area contributed by atoms with Gasteiger partial charge in [0.25, 0.3) is 5.82 Å². The Morgan fingerprint density at radius 2 is 0.805 bits per heavy atom. The molecule has 0 saturated heterocycles. The molecule has 2 atom stereocenters. The summed E-state index contributed by atoms with van der Waals surface area (Å²) in [6.45, 7) is 9.42. The summed E-state index contributed by atoms with van der Waals surface area (Å²) >= 11 is 0. The Hall–Kier alpha value is -0.790. The predicted octanol–water partition coefficient (Wildman–Crippen LogP) is 13.7. The number of aromatic amines is 1. The molecule has 1 heterocycles. The van der Waals surface area contributed by atoms with E-state index in [-0.39, 0.29) is 0 Å². The summed E-state index contributed by atoms with van der Waals surface area (Å²) in [5.41, 5.74) is 0. The molecule has 0 fully saturated rings. The molecule has 0 aliphatic heterocycles. The number of hydrogen-bond acceptors (Lipinski definition) is 0. The molecule has 0 saturated carbocycles. The normalized spacial score (nSPS) is 13.2. The van der Waals surface area contributed by atoms with E-state index in [2.05, 4.69) is 49.6 Å². The van der Waals surface area contributed by atoms with Gasteiger partial charge in [0.2, 0.25) is 0 Å². The lowest BCUT2D eigenvalue weighted by Crippen LogP contribution is -2.41. The van der Waals surface area contributed by atoms with Crippen molar-refractivity contribution in [3.8, 4) is 0 Å². The van der Waals surface area contributed by atoms with E-state index in [1.54, 1.807) is 0 Å². The molecular weight excluding hydrogens is 496 g/mol. The van der Waals surface area contributed by atoms with Crippen molar-refractivity contribution < 1.29 is 4.57 Å². The molecule has 0 radical (unpaired) electrons. The Bertz CT molecular complexity index is 635. The van der Waals surface area contributed by atoms with E-state index in [0.717, 1.165) is 0 Å². The van der Waals surface area contributed by atoms with Crippen LogP contribution in [0.25, 0.3) is 0 Å². The first-order valence-corrected chi connectivity index (χ1v) is 19.3. The van der Waals surface area contributed by atoms with E-state index in [4.69, 9.17) is 0 Å². The second kappa shape index (κ2) is 29.3. The summed E-state index contributed by atoms with van der Waals surface area (Å²) < 4.78 is 2.61. The lowest BCUT2D eigenvalue weighted by Gasteiger charge is -2.17. The predicted molar refractivity (Wildman–Crippen MR) is 184 cm³/mol. The lowest BCUT2D eigenvalue weighted by molar-refractivity contribution is -0.727. The van der Waals surface area contributed by atoms with Crippen LogP contribution >= 0.6 is 0 Å². The molecule has 2 heteroatoms. The van der Waals surface area contributed by atoms with E-state index in [1.807, 2.05) is 0 Å². The Balaban J connectivity index is 2.19. The highest BCUT2D eigenvalue weighted by atomic mass is 15.1. The summed E-state index contributed by atoms with van der Waals surface area (Å²) in [5, 5.41) is 0. The SMILES string of the molecule is CCCCCCCCCCCCCCCCCC(CCCC)c1[nH]cc[n+]1C(C)CCCCCCCCCCCC. The average molecular weight is 574 g/mol. The maximum Gasteiger partial charge on any atom is 0.257 e. The first kappa shape index (κ1) is 38.2. The molecule has 1 N–H and O–H groups in total. The topological polar surface area (TPSA) is 19.7 Å². The molecular formula is C39H77N2+. The van der Waals surface area contributed by atoms with Gasteiger partial charge in [-0.15, -0.1) is 0 Å². The molecule has 1 rings (SSSR count). The van der Waals surface area contributed by atoms with E-state index in [1.165, 1.54) is 198 Å². The molecule has 1 aromatic rings. The second-order valence-corrected chi connectivity index (χ2v) is 13.6. The Morgan fingerprint density at radius 1 is 0.463 bits per heavy atom. The summed E-state index contributed by atoms with van der Waals surface area (Å²) in [7, 11) is 0. The zero-order valence-electron chi connectivity index (χ0n) is 29.0. The zero-order chi connectivity index (χ0) is 29.6. The van der Waals surface area contributed by atoms with E-state index in [0.29, 0.717) is 12.0 Å². The van der Waals surface area contributed by atoms with Crippen molar-refractivity contribution in [1.82, 2.24) is 4.98 Å². The van der Waals surface area contributed by atoms with Crippen LogP contribution in [0.3, 0.4) is 0 Å². The van der Waals surface area contributed by atoms with Crippen LogP contribution in [-0.2, 0) is 0 Å². The van der Waals surface area contributed by atoms with E-state index < -0.39 is 0 Å². The minimum absolute atomic E-state index is 0.621. The highest BCUT2D eigenvalue weighted by molar-refractivity contribution is 4.90. The number of unbranched alkanes of at least 4 members (excludes halogenated alkanes) is 24. The van der Waals surface area contributed by atoms with Crippen LogP contribution in [0.5, 0.6) is 0 Å². The molecule has 1 aromatic heterocycles. The van der Waals surface area contributed by atoms with Gasteiger partial charge in [-0.2, -0.15) is 0 Å². The monoisotopic (exact) mass is 574 g/mol. The fourth-order valence-corrected chi connectivity index (χ4v) is 6.77. The van der Waals surface area contributed by atoms with Crippen molar-refractivity contribution in [3.05, 3.63) is 18.2 Å². The minimum Gasteiger partial charge on any atom is -0.247 e. The smallest absolute Gasteiger partial charge is 0.247 e. The van der Waals surface area contributed by atoms with Gasteiger partial charge < -0.3 is 0 Å². The van der Waals surface area contributed by atoms with Gasteiger partial charge in [-0.05, 0) is 32.6 Å². The molecule has 0 bridgehead atoms. The fraction of sp³-hybridized carbons (Fsp3) is 0.923. The molecule has 41 heavy (non-hydrogen) atoms. The number of nitrogens with zero attached hydrogens (tertiary/aromatic N) is 1. The standard InChI is InChI=1S/C39H76N2/c1-5-8-11-13-15-17-19-20-21-22-23-25-27-29-31-34-38(33-10-7-3)39-40-35-36-41(39)37(4)32-30-28-26-24-18-16-14-12-9-6-2/h35-38H,5-34H2,1-4H3/p+1. The van der Waals surface area contributed by atoms with Crippen LogP contribution in [0.2, 0.25) is 0 Å². The van der Waals surface area contributed by atoms with Gasteiger partial charge in [-0.1, -0.05) is 188 Å². The summed E-state index contributed by atoms with van der Waals surface area (Å²) in [5.74, 6) is 2.23. The number of hydrogen-bond donors (Lipinski definition) is 1. The molecule has 0 aliphatic carbocycles. The first-order valence-electron chi connectivity index (χ1n) is 19.3. The molecule has 2 nitrogen and oxygen atoms in total. The maximum absolute atomic E-state index is 3.70. The van der Waals surface area contributed by atoms with Gasteiger partial charge in [-0.25, -0.2) is 9.55 Å². The average Bonchev–Trinajstić information content (AvgIpc) is 3.47. The van der Waals surface area contributed by atoms with Crippen molar-refractivity contribution >= 4 is 0 Å². The number of imidazole rings is 1. The van der Waals surface area contributed by atoms with Crippen molar-refractivity contribution in [3.63, 3.8) is 0 Å². The highest BCUT2D eigenvalue weighted by Crippen LogP contribution is 2.27. The maximum atomic E-state index is 3.70. The van der Waals surface area contributed by atoms with Gasteiger partial charge in [0.05, 0.1) is 12.0 Å². The molecule has 0 spiro atoms. The lowest BCUT2D eigenvalue weighted by atomic mass is 9.93. The van der Waals surface area contributed by atoms with Gasteiger partial charge in [0.1, 0.15) is 12.4 Å². The fourth-order valence-electron chi connectivity index (χ4n) is 6.77. The van der Waals surface area contributed by atoms with Crippen LogP contribution in [0, 0.1) is 0 Å². The van der Waals surface area contributed by atoms with Gasteiger partial charge in [0, 0.05) is 0 Å². The van der Waals surface area contributed by atoms with Crippen molar-refractivity contribution in [2.45, 2.75) is 232 Å². The molecule has 0 aliphatic rings. The summed E-state index contributed by atoms with van der Waals surface area (Å²) in [4.78, 5) is 3.70. The minimum atomic E-state index is 0.621. The van der Waals surface area contributed by atoms with Crippen LogP contribution in [0.1, 0.15) is 238 Å². The Labute approximate surface area is 259 Å². The Morgan fingerprint density at radius 3 is 1.22 bits per heavy atom. The second-order valence-electron chi connectivity index (χ2n) is 13.6. The third kappa shape index (κ3) is 21.5. The number of nitrogens with one attached hydrogen (secondary N) is 1. The van der Waals surface area contributed by atoms with Crippen LogP contribution in [0.15, 0.2) is 12.4 Å². The number of rotatable bonds is 32. The van der Waals surface area contributed by atoms with E-state index >= 15 is 0 Å². The van der Waals surface area contributed by atoms with Crippen LogP contribution in [0.4, 0.5) is 0 Å². The van der Waals surface area contributed by atoms with Gasteiger partial charge >= 0.3 is 0 Å². The zero-order valence-corrected chi connectivity index (χ0v) is 29.0. The van der Waals surface area contributed by atoms with Gasteiger partial charge in [0.15, 0.2) is 0 Å². The highest BCUT2D eigenvalue weighted by Gasteiger charge is 2.25. The van der Waals surface area contributed by atoms with Crippen molar-refractivity contribution in [2.75, 3.05) is 0 Å². The quantitative estimate of drug-likeness (QED) is 0.0653. The van der Waals surface area contributed by atoms with E-state index in [9.17, 15) is 0 Å². The van der Waals surface area contributed by atoms with Crippen LogP contribution in [-0.4, -0.2) is 4.98 Å². The number of H-pyrrole nitrogens is 1. The Kier molecular flexibility index (Phi) is 27.3. The molecule has 0 aromatic carbocycles. The van der Waals surface area contributed by atoms with Gasteiger partial charge in [-0.3, -0.25) is 0 Å². The third-order valence-corrected chi connectivity index (χ3v) is 9.64. The third-order valence-electron chi connectivity index (χ3n) is 9.64. The number of aromatic nitrogens is 2. The van der Waals surface area contributed by atoms with Crippen LogP contribution < -0.4 is 4.57 Å². The largest absolute Gasteiger partial charge is 0.257 e. The summed E-state index contributed by atoms with van der Waals surface area (Å²) in [6, 6.07) is 0.621.